The monoisotopic (exact) mass is 434 g/mol. The largest absolute Gasteiger partial charge is 0.354 e. The van der Waals surface area contributed by atoms with Crippen LogP contribution in [0.25, 0.3) is 0 Å². The maximum Gasteiger partial charge on any atom is 0.242 e. The topological polar surface area (TPSA) is 49.4 Å². The van der Waals surface area contributed by atoms with Crippen LogP contribution in [0, 0.1) is 5.92 Å². The Morgan fingerprint density at radius 2 is 1.76 bits per heavy atom. The fourth-order valence-electron chi connectivity index (χ4n) is 2.95. The molecule has 2 aromatic rings. The number of hydrogen-bond acceptors (Lipinski definition) is 2. The Hall–Kier alpha value is -2.04. The van der Waals surface area contributed by atoms with Crippen LogP contribution in [-0.4, -0.2) is 29.3 Å². The summed E-state index contributed by atoms with van der Waals surface area (Å²) in [5.41, 5.74) is 1.80. The molecule has 0 fully saturated rings. The number of amides is 2. The minimum atomic E-state index is -0.591. The van der Waals surface area contributed by atoms with Crippen molar-refractivity contribution in [3.05, 3.63) is 69.7 Å². The van der Waals surface area contributed by atoms with Gasteiger partial charge in [0.15, 0.2) is 0 Å². The summed E-state index contributed by atoms with van der Waals surface area (Å²) in [4.78, 5) is 27.3. The molecule has 0 heterocycles. The van der Waals surface area contributed by atoms with Gasteiger partial charge in [0, 0.05) is 29.6 Å². The zero-order valence-corrected chi connectivity index (χ0v) is 18.6. The molecule has 0 radical (unpaired) electrons. The second-order valence-electron chi connectivity index (χ2n) is 7.56. The van der Waals surface area contributed by atoms with E-state index in [0.29, 0.717) is 35.5 Å². The summed E-state index contributed by atoms with van der Waals surface area (Å²) < 4.78 is 0. The molecule has 0 aliphatic rings. The molecule has 29 heavy (non-hydrogen) atoms. The Labute approximate surface area is 183 Å². The lowest BCUT2D eigenvalue weighted by Gasteiger charge is -2.29. The lowest BCUT2D eigenvalue weighted by Crippen LogP contribution is -2.48. The van der Waals surface area contributed by atoms with Gasteiger partial charge in [-0.05, 0) is 48.6 Å². The molecule has 0 saturated heterocycles. The van der Waals surface area contributed by atoms with Gasteiger partial charge in [0.1, 0.15) is 6.04 Å². The summed E-state index contributed by atoms with van der Waals surface area (Å²) in [5, 5.41) is 4.16. The molecule has 1 atom stereocenters. The van der Waals surface area contributed by atoms with Gasteiger partial charge < -0.3 is 10.2 Å². The third-order valence-corrected chi connectivity index (χ3v) is 5.26. The molecule has 2 aromatic carbocycles. The van der Waals surface area contributed by atoms with E-state index in [4.69, 9.17) is 23.2 Å². The second kappa shape index (κ2) is 11.2. The fourth-order valence-corrected chi connectivity index (χ4v) is 3.40. The summed E-state index contributed by atoms with van der Waals surface area (Å²) in [6, 6.07) is 14.2. The van der Waals surface area contributed by atoms with E-state index in [9.17, 15) is 9.59 Å². The standard InChI is InChI=1S/C23H28Cl2N2O2/c1-16(2)14-26-23(29)17(3)27(15-18-7-6-9-20(24)13-18)22(28)12-11-19-8-4-5-10-21(19)25/h4-10,13,16-17H,11-12,14-15H2,1-3H3,(H,26,29)/t17-/m0/s1. The normalized spacial score (nSPS) is 11.9. The number of carbonyl (C=O) groups excluding carboxylic acids is 2. The van der Waals surface area contributed by atoms with Crippen LogP contribution >= 0.6 is 23.2 Å². The zero-order valence-electron chi connectivity index (χ0n) is 17.1. The number of nitrogens with one attached hydrogen (secondary N) is 1. The van der Waals surface area contributed by atoms with E-state index in [1.807, 2.05) is 56.3 Å². The molecular weight excluding hydrogens is 407 g/mol. The Morgan fingerprint density at radius 3 is 2.41 bits per heavy atom. The molecule has 0 spiro atoms. The van der Waals surface area contributed by atoms with Crippen LogP contribution in [0.1, 0.15) is 38.3 Å². The molecule has 2 rings (SSSR count). The molecule has 0 aliphatic carbocycles. The number of benzene rings is 2. The molecule has 4 nitrogen and oxygen atoms in total. The third kappa shape index (κ3) is 7.37. The van der Waals surface area contributed by atoms with Crippen molar-refractivity contribution >= 4 is 35.0 Å². The van der Waals surface area contributed by atoms with Gasteiger partial charge in [-0.25, -0.2) is 0 Å². The fraction of sp³-hybridized carbons (Fsp3) is 0.391. The van der Waals surface area contributed by atoms with Crippen LogP contribution in [0.2, 0.25) is 10.0 Å². The number of halogens is 2. The van der Waals surface area contributed by atoms with E-state index < -0.39 is 6.04 Å². The highest BCUT2D eigenvalue weighted by atomic mass is 35.5. The van der Waals surface area contributed by atoms with Crippen LogP contribution in [-0.2, 0) is 22.6 Å². The number of nitrogens with zero attached hydrogens (tertiary/aromatic N) is 1. The Balaban J connectivity index is 2.14. The predicted octanol–water partition coefficient (Wildman–Crippen LogP) is 5.12. The molecule has 6 heteroatoms. The van der Waals surface area contributed by atoms with Gasteiger partial charge in [-0.3, -0.25) is 9.59 Å². The van der Waals surface area contributed by atoms with Gasteiger partial charge in [-0.15, -0.1) is 0 Å². The maximum atomic E-state index is 13.1. The van der Waals surface area contributed by atoms with E-state index in [1.165, 1.54) is 0 Å². The quantitative estimate of drug-likeness (QED) is 0.595. The Morgan fingerprint density at radius 1 is 1.03 bits per heavy atom. The molecule has 0 bridgehead atoms. The molecule has 1 N–H and O–H groups in total. The van der Waals surface area contributed by atoms with E-state index >= 15 is 0 Å². The summed E-state index contributed by atoms with van der Waals surface area (Å²) in [6.45, 7) is 6.71. The first-order valence-electron chi connectivity index (χ1n) is 9.83. The SMILES string of the molecule is CC(C)CNC(=O)[C@H](C)N(Cc1cccc(Cl)c1)C(=O)CCc1ccccc1Cl. The highest BCUT2D eigenvalue weighted by Crippen LogP contribution is 2.19. The van der Waals surface area contributed by atoms with Crippen molar-refractivity contribution in [1.82, 2.24) is 10.2 Å². The van der Waals surface area contributed by atoms with Gasteiger partial charge in [0.25, 0.3) is 0 Å². The molecule has 2 amide bonds. The third-order valence-electron chi connectivity index (χ3n) is 4.66. The van der Waals surface area contributed by atoms with Gasteiger partial charge in [0.2, 0.25) is 11.8 Å². The van der Waals surface area contributed by atoms with Crippen LogP contribution in [0.15, 0.2) is 48.5 Å². The van der Waals surface area contributed by atoms with Crippen LogP contribution < -0.4 is 5.32 Å². The highest BCUT2D eigenvalue weighted by molar-refractivity contribution is 6.31. The van der Waals surface area contributed by atoms with Crippen molar-refractivity contribution in [2.24, 2.45) is 5.92 Å². The van der Waals surface area contributed by atoms with Crippen molar-refractivity contribution in [3.63, 3.8) is 0 Å². The van der Waals surface area contributed by atoms with Gasteiger partial charge >= 0.3 is 0 Å². The predicted molar refractivity (Wildman–Crippen MR) is 119 cm³/mol. The second-order valence-corrected chi connectivity index (χ2v) is 8.40. The average molecular weight is 435 g/mol. The summed E-state index contributed by atoms with van der Waals surface area (Å²) >= 11 is 12.3. The molecule has 0 aliphatic heterocycles. The summed E-state index contributed by atoms with van der Waals surface area (Å²) in [5.74, 6) is 0.0763. The smallest absolute Gasteiger partial charge is 0.242 e. The first kappa shape index (κ1) is 23.2. The van der Waals surface area contributed by atoms with Crippen LogP contribution in [0.4, 0.5) is 0 Å². The van der Waals surface area contributed by atoms with Crippen molar-refractivity contribution in [2.75, 3.05) is 6.54 Å². The van der Waals surface area contributed by atoms with Gasteiger partial charge in [-0.2, -0.15) is 0 Å². The molecule has 0 saturated carbocycles. The Bertz CT molecular complexity index is 839. The van der Waals surface area contributed by atoms with E-state index in [0.717, 1.165) is 11.1 Å². The van der Waals surface area contributed by atoms with Crippen molar-refractivity contribution in [2.45, 2.75) is 46.2 Å². The van der Waals surface area contributed by atoms with Crippen LogP contribution in [0.5, 0.6) is 0 Å². The van der Waals surface area contributed by atoms with Gasteiger partial charge in [-0.1, -0.05) is 67.4 Å². The summed E-state index contributed by atoms with van der Waals surface area (Å²) in [6.07, 6.45) is 0.789. The van der Waals surface area contributed by atoms with E-state index in [2.05, 4.69) is 5.32 Å². The molecule has 156 valence electrons. The maximum absolute atomic E-state index is 13.1. The number of aryl methyl sites for hydroxylation is 1. The zero-order chi connectivity index (χ0) is 21.4. The Kier molecular flexibility index (Phi) is 8.99. The minimum absolute atomic E-state index is 0.0999. The number of rotatable bonds is 9. The van der Waals surface area contributed by atoms with Crippen molar-refractivity contribution < 1.29 is 9.59 Å². The first-order valence-corrected chi connectivity index (χ1v) is 10.6. The van der Waals surface area contributed by atoms with Crippen molar-refractivity contribution in [3.8, 4) is 0 Å². The average Bonchev–Trinajstić information content (AvgIpc) is 2.69. The van der Waals surface area contributed by atoms with E-state index in [1.54, 1.807) is 17.9 Å². The van der Waals surface area contributed by atoms with Crippen LogP contribution in [0.3, 0.4) is 0 Å². The molecular formula is C23H28Cl2N2O2. The summed E-state index contributed by atoms with van der Waals surface area (Å²) in [7, 11) is 0. The first-order chi connectivity index (χ1) is 13.8. The molecule has 0 aromatic heterocycles. The van der Waals surface area contributed by atoms with Crippen molar-refractivity contribution in [1.29, 1.82) is 0 Å². The van der Waals surface area contributed by atoms with E-state index in [-0.39, 0.29) is 18.2 Å². The number of hydrogen-bond donors (Lipinski definition) is 1. The minimum Gasteiger partial charge on any atom is -0.354 e. The lowest BCUT2D eigenvalue weighted by atomic mass is 10.1. The lowest BCUT2D eigenvalue weighted by molar-refractivity contribution is -0.140. The highest BCUT2D eigenvalue weighted by Gasteiger charge is 2.26. The molecule has 0 unspecified atom stereocenters. The number of carbonyl (C=O) groups is 2. The van der Waals surface area contributed by atoms with Gasteiger partial charge in [0.05, 0.1) is 0 Å².